The maximum Gasteiger partial charge on any atom is 0.123 e. The lowest BCUT2D eigenvalue weighted by atomic mass is 10.0. The normalized spacial score (nSPS) is 11.9. The van der Waals surface area contributed by atoms with E-state index in [9.17, 15) is 0 Å². The first-order valence-electron chi connectivity index (χ1n) is 6.14. The summed E-state index contributed by atoms with van der Waals surface area (Å²) >= 11 is 6.52. The van der Waals surface area contributed by atoms with Crippen LogP contribution in [0.2, 0.25) is 0 Å². The second-order valence-corrected chi connectivity index (χ2v) is 4.79. The van der Waals surface area contributed by atoms with Crippen molar-refractivity contribution in [1.82, 2.24) is 0 Å². The summed E-state index contributed by atoms with van der Waals surface area (Å²) in [6.45, 7) is 0. The maximum atomic E-state index is 6.52. The van der Waals surface area contributed by atoms with Crippen LogP contribution in [0.4, 0.5) is 0 Å². The number of alkyl halides is 1. The minimum Gasteiger partial charge on any atom is -0.497 e. The van der Waals surface area contributed by atoms with Gasteiger partial charge in [0.25, 0.3) is 0 Å². The summed E-state index contributed by atoms with van der Waals surface area (Å²) in [5.41, 5.74) is 2.15. The third-order valence-corrected chi connectivity index (χ3v) is 3.42. The first-order valence-corrected chi connectivity index (χ1v) is 6.58. The van der Waals surface area contributed by atoms with Gasteiger partial charge < -0.3 is 9.47 Å². The molecule has 2 aromatic rings. The van der Waals surface area contributed by atoms with Crippen molar-refractivity contribution in [3.8, 4) is 11.5 Å². The number of halogens is 1. The monoisotopic (exact) mass is 276 g/mol. The first-order chi connectivity index (χ1) is 9.24. The van der Waals surface area contributed by atoms with Crippen molar-refractivity contribution in [2.75, 3.05) is 14.2 Å². The van der Waals surface area contributed by atoms with E-state index < -0.39 is 0 Å². The van der Waals surface area contributed by atoms with Crippen LogP contribution >= 0.6 is 11.6 Å². The molecule has 0 amide bonds. The molecule has 0 saturated carbocycles. The predicted octanol–water partition coefficient (Wildman–Crippen LogP) is 4.23. The zero-order valence-electron chi connectivity index (χ0n) is 11.1. The van der Waals surface area contributed by atoms with E-state index in [1.807, 2.05) is 36.4 Å². The Labute approximate surface area is 118 Å². The van der Waals surface area contributed by atoms with Gasteiger partial charge in [0.15, 0.2) is 0 Å². The fraction of sp³-hybridized carbons (Fsp3) is 0.250. The zero-order chi connectivity index (χ0) is 13.7. The van der Waals surface area contributed by atoms with Crippen LogP contribution in [0.15, 0.2) is 48.5 Å². The lowest BCUT2D eigenvalue weighted by Crippen LogP contribution is -2.00. The summed E-state index contributed by atoms with van der Waals surface area (Å²) in [5.74, 6) is 1.58. The van der Waals surface area contributed by atoms with E-state index >= 15 is 0 Å². The molecule has 19 heavy (non-hydrogen) atoms. The van der Waals surface area contributed by atoms with Crippen LogP contribution in [-0.4, -0.2) is 14.2 Å². The second-order valence-electron chi connectivity index (χ2n) is 4.27. The Bertz CT molecular complexity index is 526. The van der Waals surface area contributed by atoms with E-state index in [1.54, 1.807) is 14.2 Å². The Hall–Kier alpha value is -1.67. The zero-order valence-corrected chi connectivity index (χ0v) is 11.9. The molecule has 0 aromatic heterocycles. The van der Waals surface area contributed by atoms with Gasteiger partial charge in [0.05, 0.1) is 19.6 Å². The van der Waals surface area contributed by atoms with Crippen molar-refractivity contribution in [2.45, 2.75) is 11.8 Å². The van der Waals surface area contributed by atoms with Crippen molar-refractivity contribution in [3.63, 3.8) is 0 Å². The van der Waals surface area contributed by atoms with Gasteiger partial charge >= 0.3 is 0 Å². The fourth-order valence-corrected chi connectivity index (χ4v) is 2.36. The van der Waals surface area contributed by atoms with Gasteiger partial charge in [0.1, 0.15) is 11.5 Å². The average Bonchev–Trinajstić information content (AvgIpc) is 2.47. The number of hydrogen-bond donors (Lipinski definition) is 0. The topological polar surface area (TPSA) is 18.5 Å². The molecule has 0 saturated heterocycles. The van der Waals surface area contributed by atoms with E-state index in [0.717, 1.165) is 23.5 Å². The molecule has 2 nitrogen and oxygen atoms in total. The summed E-state index contributed by atoms with van der Waals surface area (Å²) < 4.78 is 10.6. The van der Waals surface area contributed by atoms with Crippen LogP contribution in [0.1, 0.15) is 16.5 Å². The number of hydrogen-bond acceptors (Lipinski definition) is 2. The van der Waals surface area contributed by atoms with Crippen LogP contribution in [-0.2, 0) is 6.42 Å². The maximum absolute atomic E-state index is 6.52. The van der Waals surface area contributed by atoms with Gasteiger partial charge in [-0.3, -0.25) is 0 Å². The van der Waals surface area contributed by atoms with Crippen molar-refractivity contribution < 1.29 is 9.47 Å². The number of rotatable bonds is 5. The smallest absolute Gasteiger partial charge is 0.123 e. The van der Waals surface area contributed by atoms with Crippen molar-refractivity contribution in [1.29, 1.82) is 0 Å². The molecule has 2 rings (SSSR count). The van der Waals surface area contributed by atoms with E-state index in [2.05, 4.69) is 12.1 Å². The lowest BCUT2D eigenvalue weighted by molar-refractivity contribution is 0.398. The molecule has 0 aliphatic rings. The molecule has 0 radical (unpaired) electrons. The minimum atomic E-state index is -0.146. The van der Waals surface area contributed by atoms with E-state index in [0.29, 0.717) is 0 Å². The molecule has 100 valence electrons. The Morgan fingerprint density at radius 3 is 2.37 bits per heavy atom. The first kappa shape index (κ1) is 13.8. The van der Waals surface area contributed by atoms with Crippen LogP contribution < -0.4 is 9.47 Å². The molecule has 0 aliphatic heterocycles. The van der Waals surface area contributed by atoms with Crippen LogP contribution in [0, 0.1) is 0 Å². The minimum absolute atomic E-state index is 0.146. The highest BCUT2D eigenvalue weighted by molar-refractivity contribution is 6.21. The van der Waals surface area contributed by atoms with Crippen LogP contribution in [0.25, 0.3) is 0 Å². The van der Waals surface area contributed by atoms with Gasteiger partial charge in [-0.2, -0.15) is 0 Å². The van der Waals surface area contributed by atoms with Crippen molar-refractivity contribution >= 4 is 11.6 Å². The summed E-state index contributed by atoms with van der Waals surface area (Å²) in [4.78, 5) is 0. The molecule has 2 aromatic carbocycles. The third-order valence-electron chi connectivity index (χ3n) is 3.03. The van der Waals surface area contributed by atoms with Gasteiger partial charge in [-0.05, 0) is 30.2 Å². The van der Waals surface area contributed by atoms with Crippen LogP contribution in [0.5, 0.6) is 11.5 Å². The van der Waals surface area contributed by atoms with Crippen molar-refractivity contribution in [2.24, 2.45) is 0 Å². The molecule has 1 unspecified atom stereocenters. The van der Waals surface area contributed by atoms with Crippen LogP contribution in [0.3, 0.4) is 0 Å². The Morgan fingerprint density at radius 1 is 1.00 bits per heavy atom. The molecule has 0 aliphatic carbocycles. The highest BCUT2D eigenvalue weighted by atomic mass is 35.5. The van der Waals surface area contributed by atoms with E-state index in [-0.39, 0.29) is 5.38 Å². The van der Waals surface area contributed by atoms with Gasteiger partial charge in [-0.25, -0.2) is 0 Å². The molecule has 0 bridgehead atoms. The molecule has 0 heterocycles. The van der Waals surface area contributed by atoms with E-state index in [4.69, 9.17) is 21.1 Å². The van der Waals surface area contributed by atoms with Gasteiger partial charge in [0, 0.05) is 5.56 Å². The Morgan fingerprint density at radius 2 is 1.74 bits per heavy atom. The van der Waals surface area contributed by atoms with Gasteiger partial charge in [-0.15, -0.1) is 11.6 Å². The largest absolute Gasteiger partial charge is 0.497 e. The molecular weight excluding hydrogens is 260 g/mol. The van der Waals surface area contributed by atoms with Gasteiger partial charge in [0.2, 0.25) is 0 Å². The summed E-state index contributed by atoms with van der Waals surface area (Å²) in [6.07, 6.45) is 0.756. The molecule has 0 fully saturated rings. The fourth-order valence-electron chi connectivity index (χ4n) is 2.02. The molecule has 3 heteroatoms. The number of methoxy groups -OCH3 is 2. The highest BCUT2D eigenvalue weighted by Gasteiger charge is 2.15. The third kappa shape index (κ3) is 3.42. The lowest BCUT2D eigenvalue weighted by Gasteiger charge is -2.15. The summed E-state index contributed by atoms with van der Waals surface area (Å²) in [7, 11) is 3.30. The van der Waals surface area contributed by atoms with Crippen molar-refractivity contribution in [3.05, 3.63) is 59.7 Å². The molecule has 0 N–H and O–H groups in total. The van der Waals surface area contributed by atoms with Gasteiger partial charge in [-0.1, -0.05) is 30.3 Å². The molecule has 0 spiro atoms. The Kier molecular flexibility index (Phi) is 4.69. The number of ether oxygens (including phenoxy) is 2. The molecular formula is C16H17ClO2. The Balaban J connectivity index is 2.24. The highest BCUT2D eigenvalue weighted by Crippen LogP contribution is 2.34. The quantitative estimate of drug-likeness (QED) is 0.761. The second kappa shape index (κ2) is 6.48. The SMILES string of the molecule is COc1ccc(OC)c(C(Cl)Cc2ccccc2)c1. The predicted molar refractivity (Wildman–Crippen MR) is 78.3 cm³/mol. The van der Waals surface area contributed by atoms with E-state index in [1.165, 1.54) is 5.56 Å². The summed E-state index contributed by atoms with van der Waals surface area (Å²) in [5, 5.41) is -0.146. The standard InChI is InChI=1S/C16H17ClO2/c1-18-13-8-9-16(19-2)14(11-13)15(17)10-12-6-4-3-5-7-12/h3-9,11,15H,10H2,1-2H3. The average molecular weight is 277 g/mol. The molecule has 1 atom stereocenters. The summed E-state index contributed by atoms with van der Waals surface area (Å²) in [6, 6.07) is 15.9. The number of benzene rings is 2.